The molecule has 21 heavy (non-hydrogen) atoms. The summed E-state index contributed by atoms with van der Waals surface area (Å²) >= 11 is 6.12. The second kappa shape index (κ2) is 5.90. The van der Waals surface area contributed by atoms with Gasteiger partial charge in [-0.15, -0.1) is 0 Å². The van der Waals surface area contributed by atoms with Gasteiger partial charge < -0.3 is 9.63 Å². The zero-order valence-electron chi connectivity index (χ0n) is 12.4. The molecule has 0 N–H and O–H groups in total. The number of carbonyl (C=O) groups is 2. The fraction of sp³-hybridized carbons (Fsp3) is 0.375. The predicted octanol–water partition coefficient (Wildman–Crippen LogP) is 3.50. The van der Waals surface area contributed by atoms with Crippen molar-refractivity contribution < 1.29 is 14.4 Å². The molecule has 1 fully saturated rings. The third-order valence-corrected chi connectivity index (χ3v) is 3.95. The first-order valence-corrected chi connectivity index (χ1v) is 7.13. The third kappa shape index (κ3) is 2.95. The van der Waals surface area contributed by atoms with Crippen molar-refractivity contribution in [2.24, 2.45) is 5.41 Å². The van der Waals surface area contributed by atoms with Crippen molar-refractivity contribution in [1.29, 1.82) is 0 Å². The van der Waals surface area contributed by atoms with E-state index in [0.717, 1.165) is 17.4 Å². The average Bonchev–Trinajstić information content (AvgIpc) is 2.65. The average molecular weight is 308 g/mol. The number of hydroxylamine groups is 2. The Bertz CT molecular complexity index is 607. The molecule has 1 heterocycles. The highest BCUT2D eigenvalue weighted by Gasteiger charge is 2.47. The van der Waals surface area contributed by atoms with Gasteiger partial charge in [-0.3, -0.25) is 4.79 Å². The van der Waals surface area contributed by atoms with Gasteiger partial charge in [-0.1, -0.05) is 29.8 Å². The molecule has 2 rings (SSSR count). The Balaban J connectivity index is 2.28. The number of hydrogen-bond donors (Lipinski definition) is 0. The van der Waals surface area contributed by atoms with Crippen LogP contribution in [0.15, 0.2) is 35.6 Å². The molecule has 0 spiro atoms. The first-order chi connectivity index (χ1) is 9.87. The Labute approximate surface area is 129 Å². The number of halogens is 1. The van der Waals surface area contributed by atoms with E-state index in [2.05, 4.69) is 0 Å². The van der Waals surface area contributed by atoms with Crippen molar-refractivity contribution in [3.05, 3.63) is 46.2 Å². The highest BCUT2D eigenvalue weighted by Crippen LogP contribution is 2.40. The van der Waals surface area contributed by atoms with E-state index in [4.69, 9.17) is 16.4 Å². The second-order valence-electron chi connectivity index (χ2n) is 5.63. The molecule has 0 unspecified atom stereocenters. The molecule has 112 valence electrons. The minimum absolute atomic E-state index is 0.136. The zero-order chi connectivity index (χ0) is 15.6. The van der Waals surface area contributed by atoms with Gasteiger partial charge in [0.1, 0.15) is 17.5 Å². The summed E-state index contributed by atoms with van der Waals surface area (Å²) in [6.07, 6.45) is 1.06. The molecule has 0 aliphatic carbocycles. The quantitative estimate of drug-likeness (QED) is 0.800. The minimum Gasteiger partial charge on any atom is -0.380 e. The summed E-state index contributed by atoms with van der Waals surface area (Å²) in [6.45, 7) is 5.68. The molecule has 1 saturated heterocycles. The van der Waals surface area contributed by atoms with Crippen molar-refractivity contribution >= 4 is 23.8 Å². The smallest absolute Gasteiger partial charge is 0.268 e. The standard InChI is InChI=1S/C16H18ClNO3/c1-11(8-9-19)14-16(2,3)15(20)18(21-14)10-12-6-4-5-7-13(12)17/h4-7,9H,8,10H2,1-3H3. The lowest BCUT2D eigenvalue weighted by molar-refractivity contribution is -0.160. The van der Waals surface area contributed by atoms with Crippen LogP contribution in [-0.2, 0) is 21.0 Å². The van der Waals surface area contributed by atoms with Crippen LogP contribution in [0.1, 0.15) is 32.8 Å². The summed E-state index contributed by atoms with van der Waals surface area (Å²) < 4.78 is 0. The molecule has 0 saturated carbocycles. The Morgan fingerprint density at radius 1 is 1.38 bits per heavy atom. The molecule has 0 atom stereocenters. The Morgan fingerprint density at radius 2 is 2.05 bits per heavy atom. The molecule has 0 radical (unpaired) electrons. The fourth-order valence-corrected chi connectivity index (χ4v) is 2.58. The van der Waals surface area contributed by atoms with Gasteiger partial charge in [0.25, 0.3) is 5.91 Å². The number of amides is 1. The maximum atomic E-state index is 12.5. The van der Waals surface area contributed by atoms with E-state index in [-0.39, 0.29) is 18.9 Å². The molecule has 1 aliphatic rings. The van der Waals surface area contributed by atoms with E-state index in [1.165, 1.54) is 5.06 Å². The predicted molar refractivity (Wildman–Crippen MR) is 80.2 cm³/mol. The lowest BCUT2D eigenvalue weighted by Gasteiger charge is -2.15. The van der Waals surface area contributed by atoms with Crippen LogP contribution in [0.4, 0.5) is 0 Å². The maximum Gasteiger partial charge on any atom is 0.268 e. The van der Waals surface area contributed by atoms with Crippen LogP contribution in [0.25, 0.3) is 0 Å². The zero-order valence-corrected chi connectivity index (χ0v) is 13.1. The van der Waals surface area contributed by atoms with Gasteiger partial charge in [-0.05, 0) is 38.0 Å². The number of carbonyl (C=O) groups excluding carboxylic acids is 2. The first kappa shape index (κ1) is 15.6. The maximum absolute atomic E-state index is 12.5. The number of aldehydes is 1. The monoisotopic (exact) mass is 307 g/mol. The van der Waals surface area contributed by atoms with Gasteiger partial charge in [0, 0.05) is 11.4 Å². The Morgan fingerprint density at radius 3 is 2.67 bits per heavy atom. The van der Waals surface area contributed by atoms with Gasteiger partial charge in [0.05, 0.1) is 6.54 Å². The van der Waals surface area contributed by atoms with Crippen LogP contribution in [0.5, 0.6) is 0 Å². The summed E-state index contributed by atoms with van der Waals surface area (Å²) in [5.41, 5.74) is 0.816. The topological polar surface area (TPSA) is 46.6 Å². The van der Waals surface area contributed by atoms with Crippen LogP contribution >= 0.6 is 11.6 Å². The van der Waals surface area contributed by atoms with E-state index in [1.807, 2.05) is 18.2 Å². The van der Waals surface area contributed by atoms with Gasteiger partial charge in [-0.25, -0.2) is 0 Å². The van der Waals surface area contributed by atoms with Gasteiger partial charge in [0.2, 0.25) is 0 Å². The largest absolute Gasteiger partial charge is 0.380 e. The Hall–Kier alpha value is -1.81. The summed E-state index contributed by atoms with van der Waals surface area (Å²) in [6, 6.07) is 7.33. The molecule has 1 aliphatic heterocycles. The molecule has 0 bridgehead atoms. The summed E-state index contributed by atoms with van der Waals surface area (Å²) in [4.78, 5) is 28.9. The number of allylic oxidation sites excluding steroid dienone is 1. The van der Waals surface area contributed by atoms with Crippen molar-refractivity contribution in [1.82, 2.24) is 5.06 Å². The Kier molecular flexibility index (Phi) is 4.37. The van der Waals surface area contributed by atoms with Crippen molar-refractivity contribution in [2.45, 2.75) is 33.7 Å². The minimum atomic E-state index is -0.769. The molecule has 5 heteroatoms. The SMILES string of the molecule is CC(CC=O)=C1ON(Cc2ccccc2Cl)C(=O)C1(C)C. The number of benzene rings is 1. The lowest BCUT2D eigenvalue weighted by Crippen LogP contribution is -2.30. The summed E-state index contributed by atoms with van der Waals surface area (Å²) in [5, 5.41) is 1.90. The van der Waals surface area contributed by atoms with Crippen LogP contribution in [-0.4, -0.2) is 17.3 Å². The number of rotatable bonds is 4. The van der Waals surface area contributed by atoms with Crippen LogP contribution < -0.4 is 0 Å². The highest BCUT2D eigenvalue weighted by atomic mass is 35.5. The lowest BCUT2D eigenvalue weighted by atomic mass is 9.87. The molecular formula is C16H18ClNO3. The van der Waals surface area contributed by atoms with Gasteiger partial charge in [-0.2, -0.15) is 5.06 Å². The van der Waals surface area contributed by atoms with Crippen molar-refractivity contribution in [3.63, 3.8) is 0 Å². The van der Waals surface area contributed by atoms with E-state index >= 15 is 0 Å². The van der Waals surface area contributed by atoms with Gasteiger partial charge >= 0.3 is 0 Å². The molecule has 0 aromatic heterocycles. The third-order valence-electron chi connectivity index (χ3n) is 3.58. The van der Waals surface area contributed by atoms with E-state index in [0.29, 0.717) is 10.8 Å². The summed E-state index contributed by atoms with van der Waals surface area (Å²) in [7, 11) is 0. The second-order valence-corrected chi connectivity index (χ2v) is 6.04. The fourth-order valence-electron chi connectivity index (χ4n) is 2.39. The van der Waals surface area contributed by atoms with E-state index < -0.39 is 5.41 Å². The van der Waals surface area contributed by atoms with E-state index in [1.54, 1.807) is 26.8 Å². The highest BCUT2D eigenvalue weighted by molar-refractivity contribution is 6.31. The van der Waals surface area contributed by atoms with Crippen LogP contribution in [0.3, 0.4) is 0 Å². The number of nitrogens with zero attached hydrogens (tertiary/aromatic N) is 1. The van der Waals surface area contributed by atoms with Crippen molar-refractivity contribution in [2.75, 3.05) is 0 Å². The van der Waals surface area contributed by atoms with Gasteiger partial charge in [0.15, 0.2) is 0 Å². The molecule has 1 amide bonds. The molecular weight excluding hydrogens is 290 g/mol. The normalized spacial score (nSPS) is 19.4. The number of hydrogen-bond acceptors (Lipinski definition) is 3. The first-order valence-electron chi connectivity index (χ1n) is 6.75. The molecule has 1 aromatic carbocycles. The van der Waals surface area contributed by atoms with Crippen molar-refractivity contribution in [3.8, 4) is 0 Å². The summed E-state index contributed by atoms with van der Waals surface area (Å²) in [5.74, 6) is 0.411. The van der Waals surface area contributed by atoms with Crippen LogP contribution in [0.2, 0.25) is 5.02 Å². The van der Waals surface area contributed by atoms with Crippen LogP contribution in [0, 0.1) is 5.41 Å². The molecule has 1 aromatic rings. The van der Waals surface area contributed by atoms with E-state index in [9.17, 15) is 9.59 Å². The molecule has 4 nitrogen and oxygen atoms in total.